The van der Waals surface area contributed by atoms with Crippen LogP contribution in [0, 0.1) is 0 Å². The van der Waals surface area contributed by atoms with E-state index in [0.29, 0.717) is 12.3 Å². The fraction of sp³-hybridized carbons (Fsp3) is 0.444. The van der Waals surface area contributed by atoms with Gasteiger partial charge in [-0.25, -0.2) is 4.79 Å². The van der Waals surface area contributed by atoms with E-state index in [1.807, 2.05) is 6.92 Å². The SMILES string of the molecule is COC[C@H](C)N1C(=S)N[C@@H](c2ccccc2C(F)(F)F)C(C(=O)OC)=C1C. The first-order valence-electron chi connectivity index (χ1n) is 8.17. The first-order valence-corrected chi connectivity index (χ1v) is 8.58. The number of thiocarbonyl (C=S) groups is 1. The second-order valence-corrected chi connectivity index (χ2v) is 6.52. The number of methoxy groups -OCH3 is 2. The fourth-order valence-electron chi connectivity index (χ4n) is 3.22. The van der Waals surface area contributed by atoms with Crippen molar-refractivity contribution < 1.29 is 27.4 Å². The zero-order valence-corrected chi connectivity index (χ0v) is 16.2. The van der Waals surface area contributed by atoms with Crippen LogP contribution < -0.4 is 5.32 Å². The minimum absolute atomic E-state index is 0.0748. The highest BCUT2D eigenvalue weighted by molar-refractivity contribution is 7.80. The summed E-state index contributed by atoms with van der Waals surface area (Å²) in [5, 5.41) is 3.09. The number of alkyl halides is 3. The van der Waals surface area contributed by atoms with E-state index in [0.717, 1.165) is 6.07 Å². The monoisotopic (exact) mass is 402 g/mol. The van der Waals surface area contributed by atoms with Crippen LogP contribution in [0.4, 0.5) is 13.2 Å². The number of hydrogen-bond donors (Lipinski definition) is 1. The number of allylic oxidation sites excluding steroid dienone is 1. The number of rotatable bonds is 5. The number of carbonyl (C=O) groups is 1. The van der Waals surface area contributed by atoms with Gasteiger partial charge in [0, 0.05) is 12.8 Å². The molecule has 0 amide bonds. The van der Waals surface area contributed by atoms with Gasteiger partial charge in [0.2, 0.25) is 0 Å². The van der Waals surface area contributed by atoms with Gasteiger partial charge in [0.15, 0.2) is 5.11 Å². The van der Waals surface area contributed by atoms with Crippen LogP contribution >= 0.6 is 12.2 Å². The minimum atomic E-state index is -4.57. The Hall–Kier alpha value is -2.13. The number of hydrogen-bond acceptors (Lipinski definition) is 4. The third kappa shape index (κ3) is 4.24. The van der Waals surface area contributed by atoms with Crippen LogP contribution in [-0.4, -0.2) is 42.8 Å². The summed E-state index contributed by atoms with van der Waals surface area (Å²) in [6, 6.07) is 3.79. The van der Waals surface area contributed by atoms with Crippen LogP contribution in [0.25, 0.3) is 0 Å². The summed E-state index contributed by atoms with van der Waals surface area (Å²) >= 11 is 5.38. The molecule has 0 spiro atoms. The fourth-order valence-corrected chi connectivity index (χ4v) is 3.65. The Labute approximate surface area is 161 Å². The van der Waals surface area contributed by atoms with Crippen LogP contribution in [0.2, 0.25) is 0 Å². The Morgan fingerprint density at radius 2 is 1.96 bits per heavy atom. The molecule has 0 saturated carbocycles. The zero-order valence-electron chi connectivity index (χ0n) is 15.4. The lowest BCUT2D eigenvalue weighted by molar-refractivity contribution is -0.140. The first kappa shape index (κ1) is 21.2. The Kier molecular flexibility index (Phi) is 6.48. The van der Waals surface area contributed by atoms with Gasteiger partial charge < -0.3 is 19.7 Å². The van der Waals surface area contributed by atoms with E-state index in [1.54, 1.807) is 11.8 Å². The highest BCUT2D eigenvalue weighted by atomic mass is 32.1. The molecule has 0 fully saturated rings. The molecule has 1 aromatic rings. The minimum Gasteiger partial charge on any atom is -0.466 e. The van der Waals surface area contributed by atoms with E-state index in [2.05, 4.69) is 5.32 Å². The molecule has 9 heteroatoms. The largest absolute Gasteiger partial charge is 0.466 e. The van der Waals surface area contributed by atoms with Crippen molar-refractivity contribution in [1.82, 2.24) is 10.2 Å². The summed E-state index contributed by atoms with van der Waals surface area (Å²) in [7, 11) is 2.71. The van der Waals surface area contributed by atoms with Crippen LogP contribution in [0.15, 0.2) is 35.5 Å². The van der Waals surface area contributed by atoms with Gasteiger partial charge in [0.1, 0.15) is 0 Å². The third-order valence-corrected chi connectivity index (χ3v) is 4.67. The highest BCUT2D eigenvalue weighted by Crippen LogP contribution is 2.39. The lowest BCUT2D eigenvalue weighted by atomic mass is 9.91. The molecule has 0 aromatic heterocycles. The summed E-state index contributed by atoms with van der Waals surface area (Å²) in [6.07, 6.45) is -4.57. The van der Waals surface area contributed by atoms with E-state index < -0.39 is 23.8 Å². The van der Waals surface area contributed by atoms with Crippen molar-refractivity contribution in [1.29, 1.82) is 0 Å². The van der Waals surface area contributed by atoms with Crippen molar-refractivity contribution in [2.24, 2.45) is 0 Å². The molecule has 0 radical (unpaired) electrons. The predicted octanol–water partition coefficient (Wildman–Crippen LogP) is 3.42. The number of carbonyl (C=O) groups excluding carboxylic acids is 1. The summed E-state index contributed by atoms with van der Waals surface area (Å²) in [5.74, 6) is -0.723. The van der Waals surface area contributed by atoms with Gasteiger partial charge in [-0.3, -0.25) is 0 Å². The molecule has 0 saturated heterocycles. The van der Waals surface area contributed by atoms with Crippen molar-refractivity contribution in [3.63, 3.8) is 0 Å². The van der Waals surface area contributed by atoms with Crippen molar-refractivity contribution in [3.8, 4) is 0 Å². The molecular formula is C18H21F3N2O3S. The number of esters is 1. The first-order chi connectivity index (χ1) is 12.6. The Balaban J connectivity index is 2.65. The van der Waals surface area contributed by atoms with Gasteiger partial charge in [-0.2, -0.15) is 13.2 Å². The number of nitrogens with zero attached hydrogens (tertiary/aromatic N) is 1. The second-order valence-electron chi connectivity index (χ2n) is 6.13. The van der Waals surface area contributed by atoms with Crippen molar-refractivity contribution in [3.05, 3.63) is 46.7 Å². The van der Waals surface area contributed by atoms with Gasteiger partial charge in [0.25, 0.3) is 0 Å². The molecule has 27 heavy (non-hydrogen) atoms. The maximum atomic E-state index is 13.5. The lowest BCUT2D eigenvalue weighted by Gasteiger charge is -2.40. The average molecular weight is 402 g/mol. The van der Waals surface area contributed by atoms with Gasteiger partial charge in [0.05, 0.1) is 36.9 Å². The Morgan fingerprint density at radius 1 is 1.33 bits per heavy atom. The van der Waals surface area contributed by atoms with E-state index in [4.69, 9.17) is 21.7 Å². The molecule has 0 bridgehead atoms. The van der Waals surface area contributed by atoms with Crippen molar-refractivity contribution >= 4 is 23.3 Å². The molecule has 1 N–H and O–H groups in total. The lowest BCUT2D eigenvalue weighted by Crippen LogP contribution is -2.52. The number of halogens is 3. The van der Waals surface area contributed by atoms with E-state index in [9.17, 15) is 18.0 Å². The molecular weight excluding hydrogens is 381 g/mol. The number of ether oxygens (including phenoxy) is 2. The van der Waals surface area contributed by atoms with Crippen LogP contribution in [0.5, 0.6) is 0 Å². The summed E-state index contributed by atoms with van der Waals surface area (Å²) in [4.78, 5) is 14.1. The topological polar surface area (TPSA) is 50.8 Å². The summed E-state index contributed by atoms with van der Waals surface area (Å²) < 4.78 is 50.5. The Bertz CT molecular complexity index is 764. The summed E-state index contributed by atoms with van der Waals surface area (Å²) in [5.41, 5.74) is -0.424. The van der Waals surface area contributed by atoms with Gasteiger partial charge in [-0.05, 0) is 37.7 Å². The zero-order chi connectivity index (χ0) is 20.4. The van der Waals surface area contributed by atoms with Crippen LogP contribution in [-0.2, 0) is 20.4 Å². The predicted molar refractivity (Wildman–Crippen MR) is 97.8 cm³/mol. The molecule has 0 aliphatic carbocycles. The summed E-state index contributed by atoms with van der Waals surface area (Å²) in [6.45, 7) is 3.78. The molecule has 1 aliphatic heterocycles. The maximum Gasteiger partial charge on any atom is 0.416 e. The molecule has 0 unspecified atom stereocenters. The van der Waals surface area contributed by atoms with Crippen molar-refractivity contribution in [2.45, 2.75) is 32.1 Å². The van der Waals surface area contributed by atoms with Gasteiger partial charge in [-0.15, -0.1) is 0 Å². The molecule has 148 valence electrons. The maximum absolute atomic E-state index is 13.5. The second kappa shape index (κ2) is 8.26. The molecule has 1 aliphatic rings. The number of benzene rings is 1. The average Bonchev–Trinajstić information content (AvgIpc) is 2.60. The molecule has 5 nitrogen and oxygen atoms in total. The highest BCUT2D eigenvalue weighted by Gasteiger charge is 2.41. The number of nitrogens with one attached hydrogen (secondary N) is 1. The molecule has 2 rings (SSSR count). The normalized spacial score (nSPS) is 19.0. The van der Waals surface area contributed by atoms with E-state index in [1.165, 1.54) is 32.4 Å². The van der Waals surface area contributed by atoms with Gasteiger partial charge >= 0.3 is 12.1 Å². The smallest absolute Gasteiger partial charge is 0.416 e. The van der Waals surface area contributed by atoms with E-state index in [-0.39, 0.29) is 22.3 Å². The quantitative estimate of drug-likeness (QED) is 0.602. The third-order valence-electron chi connectivity index (χ3n) is 4.36. The van der Waals surface area contributed by atoms with Crippen LogP contribution in [0.1, 0.15) is 31.0 Å². The van der Waals surface area contributed by atoms with Gasteiger partial charge in [-0.1, -0.05) is 18.2 Å². The Morgan fingerprint density at radius 3 is 2.52 bits per heavy atom. The van der Waals surface area contributed by atoms with Crippen molar-refractivity contribution in [2.75, 3.05) is 20.8 Å². The van der Waals surface area contributed by atoms with E-state index >= 15 is 0 Å². The standard InChI is InChI=1S/C18H21F3N2O3S/c1-10(9-25-3)23-11(2)14(16(24)26-4)15(22-17(23)27)12-7-5-6-8-13(12)18(19,20)21/h5-8,10,15H,9H2,1-4H3,(H,22,27)/t10-,15-/m0/s1. The molecule has 1 heterocycles. The van der Waals surface area contributed by atoms with Crippen LogP contribution in [0.3, 0.4) is 0 Å². The molecule has 2 atom stereocenters. The molecule has 1 aromatic carbocycles.